The van der Waals surface area contributed by atoms with Gasteiger partial charge in [0.2, 0.25) is 10.0 Å². The third-order valence-electron chi connectivity index (χ3n) is 4.63. The lowest BCUT2D eigenvalue weighted by atomic mass is 9.80. The summed E-state index contributed by atoms with van der Waals surface area (Å²) in [6.07, 6.45) is 2.68. The normalized spacial score (nSPS) is 17.5. The number of aryl methyl sites for hydroxylation is 1. The highest BCUT2D eigenvalue weighted by atomic mass is 35.5. The summed E-state index contributed by atoms with van der Waals surface area (Å²) in [5.41, 5.74) is 0.251. The second kappa shape index (κ2) is 8.99. The molecule has 2 rings (SSSR count). The van der Waals surface area contributed by atoms with Gasteiger partial charge in [0.25, 0.3) is 0 Å². The van der Waals surface area contributed by atoms with Crippen LogP contribution in [0.5, 0.6) is 0 Å². The number of sulfonamides is 1. The van der Waals surface area contributed by atoms with Gasteiger partial charge in [0.15, 0.2) is 9.84 Å². The molecule has 150 valence electrons. The summed E-state index contributed by atoms with van der Waals surface area (Å²) in [6.45, 7) is 4.00. The van der Waals surface area contributed by atoms with E-state index in [9.17, 15) is 16.8 Å². The van der Waals surface area contributed by atoms with Gasteiger partial charge in [-0.3, -0.25) is 0 Å². The van der Waals surface area contributed by atoms with Gasteiger partial charge in [-0.15, -0.1) is 12.4 Å². The van der Waals surface area contributed by atoms with Crippen molar-refractivity contribution >= 4 is 32.3 Å². The van der Waals surface area contributed by atoms with Crippen molar-refractivity contribution in [2.45, 2.75) is 29.6 Å². The number of rotatable bonds is 7. The number of ether oxygens (including phenoxy) is 1. The number of sulfone groups is 1. The Balaban J connectivity index is 0.00000338. The summed E-state index contributed by atoms with van der Waals surface area (Å²) in [5.74, 6) is 0. The smallest absolute Gasteiger partial charge is 0.240 e. The first-order valence-corrected chi connectivity index (χ1v) is 11.5. The maximum atomic E-state index is 12.8. The number of halogens is 1. The summed E-state index contributed by atoms with van der Waals surface area (Å²) in [7, 11) is -5.69. The minimum Gasteiger partial charge on any atom is -0.384 e. The first kappa shape index (κ1) is 23.3. The van der Waals surface area contributed by atoms with Crippen LogP contribution in [0, 0.1) is 12.3 Å². The molecule has 0 aliphatic carbocycles. The fraction of sp³-hybridized carbons (Fsp3) is 0.625. The zero-order valence-electron chi connectivity index (χ0n) is 15.2. The molecule has 26 heavy (non-hydrogen) atoms. The summed E-state index contributed by atoms with van der Waals surface area (Å²) in [5, 5.41) is 3.26. The maximum absolute atomic E-state index is 12.8. The van der Waals surface area contributed by atoms with Gasteiger partial charge < -0.3 is 10.1 Å². The van der Waals surface area contributed by atoms with Gasteiger partial charge in [0, 0.05) is 25.3 Å². The highest BCUT2D eigenvalue weighted by Crippen LogP contribution is 2.29. The highest BCUT2D eigenvalue weighted by Gasteiger charge is 2.34. The number of methoxy groups -OCH3 is 1. The Hall–Kier alpha value is -0.710. The minimum atomic E-state index is -3.82. The average molecular weight is 427 g/mol. The van der Waals surface area contributed by atoms with Crippen LogP contribution in [-0.4, -0.2) is 56.4 Å². The molecular weight excluding hydrogens is 400 g/mol. The van der Waals surface area contributed by atoms with E-state index in [0.29, 0.717) is 12.2 Å². The molecule has 0 atom stereocenters. The first-order valence-electron chi connectivity index (χ1n) is 8.10. The highest BCUT2D eigenvalue weighted by molar-refractivity contribution is 7.91. The summed E-state index contributed by atoms with van der Waals surface area (Å²) in [4.78, 5) is -0.0103. The zero-order chi connectivity index (χ0) is 18.7. The van der Waals surface area contributed by atoms with Crippen molar-refractivity contribution in [1.82, 2.24) is 10.0 Å². The third kappa shape index (κ3) is 5.64. The average Bonchev–Trinajstić information content (AvgIpc) is 2.53. The summed E-state index contributed by atoms with van der Waals surface area (Å²) in [6, 6.07) is 4.15. The second-order valence-electron chi connectivity index (χ2n) is 6.71. The van der Waals surface area contributed by atoms with E-state index in [1.54, 1.807) is 14.0 Å². The molecule has 1 saturated heterocycles. The van der Waals surface area contributed by atoms with E-state index in [2.05, 4.69) is 10.0 Å². The van der Waals surface area contributed by atoms with Gasteiger partial charge in [-0.05, 0) is 50.6 Å². The number of benzene rings is 1. The molecule has 0 saturated carbocycles. The quantitative estimate of drug-likeness (QED) is 0.677. The van der Waals surface area contributed by atoms with Crippen molar-refractivity contribution in [2.24, 2.45) is 5.41 Å². The van der Waals surface area contributed by atoms with E-state index in [0.717, 1.165) is 32.2 Å². The van der Waals surface area contributed by atoms with Crippen LogP contribution in [0.3, 0.4) is 0 Å². The predicted molar refractivity (Wildman–Crippen MR) is 103 cm³/mol. The maximum Gasteiger partial charge on any atom is 0.240 e. The Labute approximate surface area is 162 Å². The lowest BCUT2D eigenvalue weighted by Crippen LogP contribution is -2.47. The molecule has 0 amide bonds. The Morgan fingerprint density at radius 2 is 1.81 bits per heavy atom. The van der Waals surface area contributed by atoms with E-state index in [-0.39, 0.29) is 34.2 Å². The molecule has 0 bridgehead atoms. The monoisotopic (exact) mass is 426 g/mol. The SMILES string of the molecule is COCC1(CNS(=O)(=O)c2cc(S(C)(=O)=O)ccc2C)CCNCC1.Cl. The molecule has 10 heteroatoms. The van der Waals surface area contributed by atoms with E-state index < -0.39 is 19.9 Å². The topological polar surface area (TPSA) is 102 Å². The molecule has 1 aliphatic rings. The van der Waals surface area contributed by atoms with Gasteiger partial charge in [0.05, 0.1) is 16.4 Å². The van der Waals surface area contributed by atoms with Gasteiger partial charge in [-0.1, -0.05) is 6.07 Å². The van der Waals surface area contributed by atoms with Crippen LogP contribution in [0.4, 0.5) is 0 Å². The van der Waals surface area contributed by atoms with Crippen LogP contribution in [0.2, 0.25) is 0 Å². The lowest BCUT2D eigenvalue weighted by molar-refractivity contribution is 0.0577. The van der Waals surface area contributed by atoms with Crippen LogP contribution in [0.25, 0.3) is 0 Å². The molecule has 0 aromatic heterocycles. The fourth-order valence-electron chi connectivity index (χ4n) is 3.06. The van der Waals surface area contributed by atoms with Gasteiger partial charge in [0.1, 0.15) is 0 Å². The Bertz CT molecular complexity index is 814. The van der Waals surface area contributed by atoms with Crippen LogP contribution in [0.15, 0.2) is 28.0 Å². The van der Waals surface area contributed by atoms with Crippen LogP contribution >= 0.6 is 12.4 Å². The fourth-order valence-corrected chi connectivity index (χ4v) is 5.21. The van der Waals surface area contributed by atoms with Crippen molar-refractivity contribution in [3.05, 3.63) is 23.8 Å². The van der Waals surface area contributed by atoms with E-state index in [1.165, 1.54) is 18.2 Å². The Morgan fingerprint density at radius 1 is 1.19 bits per heavy atom. The van der Waals surface area contributed by atoms with E-state index in [1.807, 2.05) is 0 Å². The summed E-state index contributed by atoms with van der Waals surface area (Å²) >= 11 is 0. The predicted octanol–water partition coefficient (Wildman–Crippen LogP) is 1.11. The minimum absolute atomic E-state index is 0. The second-order valence-corrected chi connectivity index (χ2v) is 10.5. The Morgan fingerprint density at radius 3 is 2.35 bits per heavy atom. The summed E-state index contributed by atoms with van der Waals surface area (Å²) < 4.78 is 56.9. The first-order chi connectivity index (χ1) is 11.6. The van der Waals surface area contributed by atoms with Gasteiger partial charge in [-0.25, -0.2) is 21.6 Å². The van der Waals surface area contributed by atoms with Gasteiger partial charge in [-0.2, -0.15) is 0 Å². The van der Waals surface area contributed by atoms with Crippen LogP contribution < -0.4 is 10.0 Å². The van der Waals surface area contributed by atoms with Crippen LogP contribution in [-0.2, 0) is 24.6 Å². The van der Waals surface area contributed by atoms with Crippen LogP contribution in [0.1, 0.15) is 18.4 Å². The molecule has 7 nitrogen and oxygen atoms in total. The molecule has 0 unspecified atom stereocenters. The third-order valence-corrected chi connectivity index (χ3v) is 7.28. The molecule has 1 heterocycles. The van der Waals surface area contributed by atoms with Gasteiger partial charge >= 0.3 is 0 Å². The largest absolute Gasteiger partial charge is 0.384 e. The molecule has 2 N–H and O–H groups in total. The molecule has 1 aliphatic heterocycles. The standard InChI is InChI=1S/C16H26N2O5S2.ClH/c1-13-4-5-14(24(3,19)20)10-15(13)25(21,22)18-11-16(12-23-2)6-8-17-9-7-16;/h4-5,10,17-18H,6-9,11-12H2,1-3H3;1H. The molecule has 1 aromatic rings. The Kier molecular flexibility index (Phi) is 8.06. The lowest BCUT2D eigenvalue weighted by Gasteiger charge is -2.37. The van der Waals surface area contributed by atoms with Crippen molar-refractivity contribution in [2.75, 3.05) is 39.6 Å². The van der Waals surface area contributed by atoms with E-state index >= 15 is 0 Å². The van der Waals surface area contributed by atoms with E-state index in [4.69, 9.17) is 4.74 Å². The molecular formula is C16H27ClN2O5S2. The molecule has 0 radical (unpaired) electrons. The number of hydrogen-bond acceptors (Lipinski definition) is 6. The van der Waals surface area contributed by atoms with Crippen molar-refractivity contribution in [3.63, 3.8) is 0 Å². The number of piperidine rings is 1. The molecule has 0 spiro atoms. The van der Waals surface area contributed by atoms with Crippen molar-refractivity contribution < 1.29 is 21.6 Å². The zero-order valence-corrected chi connectivity index (χ0v) is 17.7. The van der Waals surface area contributed by atoms with Crippen molar-refractivity contribution in [1.29, 1.82) is 0 Å². The molecule has 1 aromatic carbocycles. The number of hydrogen-bond donors (Lipinski definition) is 2. The number of nitrogens with one attached hydrogen (secondary N) is 2. The molecule has 1 fully saturated rings. The van der Waals surface area contributed by atoms with Crippen molar-refractivity contribution in [3.8, 4) is 0 Å².